The second kappa shape index (κ2) is 5.81. The molecule has 1 rings (SSSR count). The van der Waals surface area contributed by atoms with E-state index < -0.39 is 22.3 Å². The summed E-state index contributed by atoms with van der Waals surface area (Å²) in [6.07, 6.45) is 4.19. The van der Waals surface area contributed by atoms with Gasteiger partial charge < -0.3 is 4.55 Å². The largest absolute Gasteiger partial charge is 0.549 e. The van der Waals surface area contributed by atoms with Crippen molar-refractivity contribution in [3.63, 3.8) is 0 Å². The van der Waals surface area contributed by atoms with Crippen LogP contribution >= 0.6 is 11.1 Å². The van der Waals surface area contributed by atoms with E-state index in [2.05, 4.69) is 6.58 Å². The normalized spacial score (nSPS) is 11.8. The lowest BCUT2D eigenvalue weighted by molar-refractivity contribution is 0.536. The molecule has 16 heavy (non-hydrogen) atoms. The maximum Gasteiger partial charge on any atom is 0.363 e. The summed E-state index contributed by atoms with van der Waals surface area (Å²) in [6.45, 7) is 6.01. The van der Waals surface area contributed by atoms with Gasteiger partial charge in [0.25, 0.3) is 0 Å². The van der Waals surface area contributed by atoms with Crippen molar-refractivity contribution in [3.05, 3.63) is 33.4 Å². The number of hydrogen-bond donors (Lipinski definition) is 0. The molecule has 0 N–H and O–H groups in total. The van der Waals surface area contributed by atoms with E-state index in [0.717, 1.165) is 27.2 Å². The molecule has 0 spiro atoms. The first-order valence-corrected chi connectivity index (χ1v) is 6.36. The summed E-state index contributed by atoms with van der Waals surface area (Å²) in [6, 6.07) is 0. The summed E-state index contributed by atoms with van der Waals surface area (Å²) in [4.78, 5) is 22.9. The molecule has 0 saturated heterocycles. The highest BCUT2D eigenvalue weighted by molar-refractivity contribution is 7.15. The van der Waals surface area contributed by atoms with Crippen LogP contribution in [0, 0.1) is 0 Å². The Morgan fingerprint density at radius 1 is 1.31 bits per heavy atom. The van der Waals surface area contributed by atoms with Gasteiger partial charge in [0.05, 0.1) is 13.1 Å². The average Bonchev–Trinajstić information content (AvgIpc) is 2.46. The van der Waals surface area contributed by atoms with Gasteiger partial charge in [-0.05, 0) is 6.42 Å². The number of hydrogen-bond acceptors (Lipinski definition) is 3. The van der Waals surface area contributed by atoms with E-state index in [-0.39, 0.29) is 6.54 Å². The fourth-order valence-corrected chi connectivity index (χ4v) is 2.62. The molecule has 0 fully saturated rings. The summed E-state index contributed by atoms with van der Waals surface area (Å²) in [5.41, 5.74) is -1.37. The highest BCUT2D eigenvalue weighted by Gasteiger charge is 2.19. The fraction of sp³-hybridized carbons (Fsp3) is 0.600. The number of allylic oxidation sites excluding steroid dienone is 1. The fourth-order valence-electron chi connectivity index (χ4n) is 1.42. The molecular weight excluding hydrogens is 228 g/mol. The van der Waals surface area contributed by atoms with E-state index >= 15 is 0 Å². The predicted octanol–water partition coefficient (Wildman–Crippen LogP) is 1.11. The molecule has 6 heteroatoms. The predicted molar refractivity (Wildman–Crippen MR) is 63.3 cm³/mol. The van der Waals surface area contributed by atoms with Gasteiger partial charge in [-0.1, -0.05) is 25.8 Å². The average molecular weight is 244 g/mol. The smallest absolute Gasteiger partial charge is 0.363 e. The van der Waals surface area contributed by atoms with Gasteiger partial charge >= 0.3 is 11.1 Å². The first-order valence-electron chi connectivity index (χ1n) is 5.29. The highest BCUT2D eigenvalue weighted by Crippen LogP contribution is 2.08. The molecular formula is C10H16N2O3S. The Bertz CT molecular complexity index is 469. The molecule has 1 aromatic heterocycles. The van der Waals surface area contributed by atoms with Gasteiger partial charge in [-0.15, -0.1) is 14.5 Å². The van der Waals surface area contributed by atoms with Crippen LogP contribution in [0.5, 0.6) is 0 Å². The Morgan fingerprint density at radius 3 is 2.50 bits per heavy atom. The van der Waals surface area contributed by atoms with Gasteiger partial charge in [-0.3, -0.25) is 9.59 Å². The number of rotatable bonds is 6. The molecule has 1 unspecified atom stereocenters. The molecule has 1 heterocycles. The first kappa shape index (κ1) is 12.9. The molecule has 1 atom stereocenters. The highest BCUT2D eigenvalue weighted by atomic mass is 32.2. The quantitative estimate of drug-likeness (QED) is 0.326. The van der Waals surface area contributed by atoms with Crippen LogP contribution < -0.4 is 11.1 Å². The van der Waals surface area contributed by atoms with E-state index in [9.17, 15) is 14.1 Å². The molecule has 0 aliphatic rings. The maximum absolute atomic E-state index is 11.8. The van der Waals surface area contributed by atoms with Gasteiger partial charge in [-0.25, -0.2) is 0 Å². The van der Waals surface area contributed by atoms with Crippen molar-refractivity contribution in [3.8, 4) is 0 Å². The van der Waals surface area contributed by atoms with Crippen LogP contribution in [0.2, 0.25) is 0 Å². The lowest BCUT2D eigenvalue weighted by atomic mass is 10.2. The van der Waals surface area contributed by atoms with E-state index in [1.54, 1.807) is 0 Å². The van der Waals surface area contributed by atoms with Crippen molar-refractivity contribution in [1.29, 1.82) is 0 Å². The standard InChI is InChI=1S/C10H16N2O3S/c1-3-5-6-8-12-10(14)9(13)11(7-4-2)16(12)15/h4H,2-3,5-8H2,1H3. The molecule has 0 aliphatic carbocycles. The zero-order valence-corrected chi connectivity index (χ0v) is 10.2. The Hall–Kier alpha value is -1.14. The molecule has 0 bridgehead atoms. The molecule has 0 aliphatic heterocycles. The van der Waals surface area contributed by atoms with Gasteiger partial charge in [0.1, 0.15) is 11.1 Å². The zero-order valence-electron chi connectivity index (χ0n) is 9.35. The van der Waals surface area contributed by atoms with Crippen LogP contribution in [0.1, 0.15) is 26.2 Å². The van der Waals surface area contributed by atoms with Crippen LogP contribution in [0.15, 0.2) is 22.2 Å². The summed E-state index contributed by atoms with van der Waals surface area (Å²) in [5.74, 6) is 0. The first-order chi connectivity index (χ1) is 7.63. The van der Waals surface area contributed by atoms with Crippen molar-refractivity contribution < 1.29 is 4.55 Å². The zero-order chi connectivity index (χ0) is 12.1. The number of aromatic nitrogens is 2. The molecule has 0 aromatic carbocycles. The molecule has 5 nitrogen and oxygen atoms in total. The van der Waals surface area contributed by atoms with Gasteiger partial charge in [0.15, 0.2) is 0 Å². The Kier molecular flexibility index (Phi) is 4.70. The van der Waals surface area contributed by atoms with Crippen LogP contribution in [0.4, 0.5) is 0 Å². The van der Waals surface area contributed by atoms with Gasteiger partial charge in [0.2, 0.25) is 0 Å². The summed E-state index contributed by atoms with van der Waals surface area (Å²) < 4.78 is 13.9. The van der Waals surface area contributed by atoms with Crippen molar-refractivity contribution in [2.45, 2.75) is 39.3 Å². The van der Waals surface area contributed by atoms with Gasteiger partial charge in [0, 0.05) is 0 Å². The van der Waals surface area contributed by atoms with Crippen LogP contribution in [0.3, 0.4) is 0 Å². The SMILES string of the molecule is C=CCn1c(=O)c(=O)n(CCCCC)[s+]1[O-]. The third-order valence-electron chi connectivity index (χ3n) is 2.27. The van der Waals surface area contributed by atoms with E-state index in [4.69, 9.17) is 0 Å². The lowest BCUT2D eigenvalue weighted by Gasteiger charge is -2.00. The lowest BCUT2D eigenvalue weighted by Crippen LogP contribution is -2.31. The summed E-state index contributed by atoms with van der Waals surface area (Å²) in [7, 11) is 0. The third kappa shape index (κ3) is 2.51. The maximum atomic E-state index is 11.8. The van der Waals surface area contributed by atoms with Gasteiger partial charge in [-0.2, -0.15) is 0 Å². The molecule has 90 valence electrons. The molecule has 0 radical (unpaired) electrons. The Balaban J connectivity index is 3.01. The second-order valence-electron chi connectivity index (χ2n) is 3.50. The van der Waals surface area contributed by atoms with Crippen molar-refractivity contribution >= 4 is 11.1 Å². The molecule has 0 amide bonds. The third-order valence-corrected chi connectivity index (χ3v) is 3.69. The molecule has 1 aromatic rings. The second-order valence-corrected chi connectivity index (χ2v) is 4.84. The monoisotopic (exact) mass is 244 g/mol. The summed E-state index contributed by atoms with van der Waals surface area (Å²) in [5, 5.41) is 0. The number of unbranched alkanes of at least 4 members (excludes halogenated alkanes) is 2. The topological polar surface area (TPSA) is 67.1 Å². The van der Waals surface area contributed by atoms with Crippen LogP contribution in [-0.4, -0.2) is 12.5 Å². The van der Waals surface area contributed by atoms with Crippen LogP contribution in [-0.2, 0) is 13.1 Å². The van der Waals surface area contributed by atoms with Crippen molar-refractivity contribution in [2.24, 2.45) is 0 Å². The minimum atomic E-state index is -1.67. The van der Waals surface area contributed by atoms with E-state index in [0.29, 0.717) is 6.54 Å². The Morgan fingerprint density at radius 2 is 1.94 bits per heavy atom. The van der Waals surface area contributed by atoms with Crippen LogP contribution in [0.25, 0.3) is 0 Å². The van der Waals surface area contributed by atoms with E-state index in [1.807, 2.05) is 6.92 Å². The molecule has 0 saturated carbocycles. The van der Waals surface area contributed by atoms with E-state index in [1.165, 1.54) is 6.08 Å². The minimum Gasteiger partial charge on any atom is -0.549 e. The summed E-state index contributed by atoms with van der Waals surface area (Å²) >= 11 is -1.67. The Labute approximate surface area is 96.7 Å². The van der Waals surface area contributed by atoms with Crippen molar-refractivity contribution in [1.82, 2.24) is 7.91 Å². The number of nitrogens with zero attached hydrogens (tertiary/aromatic N) is 2. The minimum absolute atomic E-state index is 0.140. The van der Waals surface area contributed by atoms with Crippen molar-refractivity contribution in [2.75, 3.05) is 0 Å².